The number of hydrogen-bond donors (Lipinski definition) is 2. The monoisotopic (exact) mass is 637 g/mol. The smallest absolute Gasteiger partial charge is 0.408 e. The van der Waals surface area contributed by atoms with Gasteiger partial charge in [-0.15, -0.1) is 0 Å². The lowest BCUT2D eigenvalue weighted by molar-refractivity contribution is -0.159. The molecule has 0 spiro atoms. The standard InChI is InChI=1S/C37H55N3O6/c1-23(2)20-29(39-35(44)46-37(10,11)12)33(42)40(24(3)4)31(28-19-18-25(5)26(6)21-28)32(41)38-30(34(43)45-36(7,8)9)22-27-16-14-13-15-17-27/h13-19,21,23-24,29-31H,20,22H2,1-12H3,(H,38,41)(H,39,44). The van der Waals surface area contributed by atoms with Crippen LogP contribution in [0.2, 0.25) is 0 Å². The Hall–Kier alpha value is -3.88. The fourth-order valence-electron chi connectivity index (χ4n) is 5.04. The Morgan fingerprint density at radius 2 is 1.35 bits per heavy atom. The highest BCUT2D eigenvalue weighted by molar-refractivity contribution is 5.94. The second-order valence-corrected chi connectivity index (χ2v) is 14.7. The molecule has 9 heteroatoms. The molecule has 2 rings (SSSR count). The van der Waals surface area contributed by atoms with E-state index in [9.17, 15) is 19.2 Å². The minimum absolute atomic E-state index is 0.0502. The van der Waals surface area contributed by atoms with Gasteiger partial charge in [-0.1, -0.05) is 62.4 Å². The van der Waals surface area contributed by atoms with Crippen LogP contribution in [0.15, 0.2) is 48.5 Å². The molecule has 0 radical (unpaired) electrons. The van der Waals surface area contributed by atoms with Crippen molar-refractivity contribution in [3.8, 4) is 0 Å². The molecule has 0 heterocycles. The van der Waals surface area contributed by atoms with Crippen molar-refractivity contribution < 1.29 is 28.7 Å². The Balaban J connectivity index is 2.63. The number of amides is 3. The molecule has 0 saturated heterocycles. The van der Waals surface area contributed by atoms with Crippen LogP contribution in [-0.2, 0) is 30.3 Å². The fraction of sp³-hybridized carbons (Fsp3) is 0.568. The first kappa shape index (κ1) is 38.3. The Labute approximate surface area is 275 Å². The van der Waals surface area contributed by atoms with E-state index in [1.54, 1.807) is 41.5 Å². The van der Waals surface area contributed by atoms with Gasteiger partial charge in [-0.25, -0.2) is 9.59 Å². The Kier molecular flexibility index (Phi) is 13.4. The van der Waals surface area contributed by atoms with Crippen LogP contribution in [-0.4, -0.2) is 58.1 Å². The number of carbonyl (C=O) groups is 4. The van der Waals surface area contributed by atoms with Crippen LogP contribution in [0, 0.1) is 19.8 Å². The molecule has 3 atom stereocenters. The minimum Gasteiger partial charge on any atom is -0.458 e. The molecule has 2 N–H and O–H groups in total. The van der Waals surface area contributed by atoms with E-state index in [1.807, 2.05) is 90.1 Å². The van der Waals surface area contributed by atoms with Gasteiger partial charge in [0.2, 0.25) is 11.8 Å². The van der Waals surface area contributed by atoms with E-state index < -0.39 is 59.2 Å². The lowest BCUT2D eigenvalue weighted by Gasteiger charge is -2.38. The van der Waals surface area contributed by atoms with Crippen molar-refractivity contribution in [3.63, 3.8) is 0 Å². The van der Waals surface area contributed by atoms with Gasteiger partial charge in [-0.2, -0.15) is 0 Å². The van der Waals surface area contributed by atoms with Crippen LogP contribution in [0.4, 0.5) is 4.79 Å². The van der Waals surface area contributed by atoms with Crippen molar-refractivity contribution in [1.82, 2.24) is 15.5 Å². The molecule has 0 aromatic heterocycles. The summed E-state index contributed by atoms with van der Waals surface area (Å²) in [6, 6.07) is 11.5. The van der Waals surface area contributed by atoms with E-state index in [0.29, 0.717) is 12.0 Å². The number of nitrogens with zero attached hydrogens (tertiary/aromatic N) is 1. The highest BCUT2D eigenvalue weighted by Crippen LogP contribution is 2.28. The number of hydrogen-bond acceptors (Lipinski definition) is 6. The van der Waals surface area contributed by atoms with Gasteiger partial charge < -0.3 is 25.0 Å². The third-order valence-corrected chi connectivity index (χ3v) is 7.17. The molecule has 2 aromatic rings. The predicted octanol–water partition coefficient (Wildman–Crippen LogP) is 6.59. The quantitative estimate of drug-likeness (QED) is 0.254. The number of esters is 1. The van der Waals surface area contributed by atoms with Gasteiger partial charge in [0.25, 0.3) is 0 Å². The molecule has 0 aliphatic rings. The third-order valence-electron chi connectivity index (χ3n) is 7.17. The highest BCUT2D eigenvalue weighted by Gasteiger charge is 2.40. The highest BCUT2D eigenvalue weighted by atomic mass is 16.6. The molecule has 254 valence electrons. The molecule has 46 heavy (non-hydrogen) atoms. The van der Waals surface area contributed by atoms with Crippen molar-refractivity contribution in [2.45, 2.75) is 131 Å². The summed E-state index contributed by atoms with van der Waals surface area (Å²) in [5.41, 5.74) is 1.88. The lowest BCUT2D eigenvalue weighted by atomic mass is 9.95. The molecular formula is C37H55N3O6. The summed E-state index contributed by atoms with van der Waals surface area (Å²) in [5, 5.41) is 5.71. The van der Waals surface area contributed by atoms with Gasteiger partial charge in [0.1, 0.15) is 29.3 Å². The van der Waals surface area contributed by atoms with Crippen LogP contribution < -0.4 is 10.6 Å². The van der Waals surface area contributed by atoms with E-state index in [0.717, 1.165) is 16.7 Å². The molecule has 0 aliphatic heterocycles. The van der Waals surface area contributed by atoms with Crippen LogP contribution in [0.1, 0.15) is 104 Å². The number of benzene rings is 2. The molecule has 0 aliphatic carbocycles. The average molecular weight is 638 g/mol. The second kappa shape index (κ2) is 16.1. The average Bonchev–Trinajstić information content (AvgIpc) is 2.90. The molecule has 3 amide bonds. The maximum atomic E-state index is 14.5. The van der Waals surface area contributed by atoms with E-state index in [4.69, 9.17) is 9.47 Å². The molecule has 0 fully saturated rings. The van der Waals surface area contributed by atoms with Crippen molar-refractivity contribution >= 4 is 23.9 Å². The zero-order valence-electron chi connectivity index (χ0n) is 29.8. The lowest BCUT2D eigenvalue weighted by Crippen LogP contribution is -2.57. The van der Waals surface area contributed by atoms with Crippen molar-refractivity contribution in [2.24, 2.45) is 5.92 Å². The van der Waals surface area contributed by atoms with Crippen LogP contribution in [0.5, 0.6) is 0 Å². The van der Waals surface area contributed by atoms with Crippen LogP contribution in [0.25, 0.3) is 0 Å². The van der Waals surface area contributed by atoms with Gasteiger partial charge in [0.15, 0.2) is 0 Å². The zero-order chi connectivity index (χ0) is 35.0. The van der Waals surface area contributed by atoms with Crippen molar-refractivity contribution in [2.75, 3.05) is 0 Å². The van der Waals surface area contributed by atoms with Gasteiger partial charge in [0.05, 0.1) is 0 Å². The van der Waals surface area contributed by atoms with E-state index in [1.165, 1.54) is 4.90 Å². The molecule has 0 bridgehead atoms. The summed E-state index contributed by atoms with van der Waals surface area (Å²) in [6.45, 7) is 22.1. The molecular weight excluding hydrogens is 582 g/mol. The van der Waals surface area contributed by atoms with E-state index in [2.05, 4.69) is 10.6 Å². The second-order valence-electron chi connectivity index (χ2n) is 14.7. The van der Waals surface area contributed by atoms with Crippen LogP contribution >= 0.6 is 0 Å². The van der Waals surface area contributed by atoms with Gasteiger partial charge >= 0.3 is 12.1 Å². The third kappa shape index (κ3) is 12.1. The van der Waals surface area contributed by atoms with Gasteiger partial charge in [-0.3, -0.25) is 9.59 Å². The topological polar surface area (TPSA) is 114 Å². The maximum absolute atomic E-state index is 14.5. The molecule has 3 unspecified atom stereocenters. The largest absolute Gasteiger partial charge is 0.458 e. The van der Waals surface area contributed by atoms with Crippen LogP contribution in [0.3, 0.4) is 0 Å². The summed E-state index contributed by atoms with van der Waals surface area (Å²) in [5.74, 6) is -1.48. The molecule has 2 aromatic carbocycles. The summed E-state index contributed by atoms with van der Waals surface area (Å²) >= 11 is 0. The summed E-state index contributed by atoms with van der Waals surface area (Å²) in [7, 11) is 0. The van der Waals surface area contributed by atoms with Gasteiger partial charge in [-0.05, 0) is 104 Å². The number of alkyl carbamates (subject to hydrolysis) is 1. The minimum atomic E-state index is -1.11. The number of aryl methyl sites for hydroxylation is 2. The Bertz CT molecular complexity index is 1340. The Morgan fingerprint density at radius 3 is 1.85 bits per heavy atom. The fourth-order valence-corrected chi connectivity index (χ4v) is 5.04. The Morgan fingerprint density at radius 1 is 0.761 bits per heavy atom. The van der Waals surface area contributed by atoms with E-state index >= 15 is 0 Å². The summed E-state index contributed by atoms with van der Waals surface area (Å²) < 4.78 is 11.2. The summed E-state index contributed by atoms with van der Waals surface area (Å²) in [4.78, 5) is 56.8. The maximum Gasteiger partial charge on any atom is 0.408 e. The first-order valence-electron chi connectivity index (χ1n) is 16.1. The number of carbonyl (C=O) groups excluding carboxylic acids is 4. The number of ether oxygens (including phenoxy) is 2. The predicted molar refractivity (Wildman–Crippen MR) is 181 cm³/mol. The van der Waals surface area contributed by atoms with Crippen molar-refractivity contribution in [3.05, 3.63) is 70.8 Å². The van der Waals surface area contributed by atoms with Crippen molar-refractivity contribution in [1.29, 1.82) is 0 Å². The molecule has 9 nitrogen and oxygen atoms in total. The van der Waals surface area contributed by atoms with Gasteiger partial charge in [0, 0.05) is 12.5 Å². The zero-order valence-corrected chi connectivity index (χ0v) is 29.8. The number of rotatable bonds is 12. The molecule has 0 saturated carbocycles. The summed E-state index contributed by atoms with van der Waals surface area (Å²) in [6.07, 6.45) is -0.181. The first-order chi connectivity index (χ1) is 21.2. The first-order valence-corrected chi connectivity index (χ1v) is 16.1. The SMILES string of the molecule is Cc1ccc(C(C(=O)NC(Cc2ccccc2)C(=O)OC(C)(C)C)N(C(=O)C(CC(C)C)NC(=O)OC(C)(C)C)C(C)C)cc1C. The normalized spacial score (nSPS) is 13.9. The van der Waals surface area contributed by atoms with E-state index in [-0.39, 0.29) is 12.3 Å². The number of nitrogens with one attached hydrogen (secondary N) is 2.